The quantitative estimate of drug-likeness (QED) is 0.778. The first-order valence-electron chi connectivity index (χ1n) is 6.33. The molecule has 0 radical (unpaired) electrons. The van der Waals surface area contributed by atoms with Crippen LogP contribution in [0.15, 0.2) is 24.3 Å². The number of rotatable bonds is 4. The van der Waals surface area contributed by atoms with Gasteiger partial charge in [0.05, 0.1) is 22.7 Å². The first-order valence-corrected chi connectivity index (χ1v) is 6.33. The fraction of sp³-hybridized carbons (Fsp3) is 0.400. The van der Waals surface area contributed by atoms with Crippen LogP contribution < -0.4 is 4.90 Å². The Bertz CT molecular complexity index is 570. The molecule has 1 aliphatic heterocycles. The van der Waals surface area contributed by atoms with Gasteiger partial charge in [-0.2, -0.15) is 5.26 Å². The molecule has 0 N–H and O–H groups in total. The number of para-hydroxylation sites is 1. The van der Waals surface area contributed by atoms with Crippen LogP contribution in [0.4, 0.5) is 5.69 Å². The molecule has 0 spiro atoms. The molecule has 0 atom stereocenters. The van der Waals surface area contributed by atoms with Crippen LogP contribution in [0.1, 0.15) is 37.0 Å². The molecule has 0 aromatic heterocycles. The summed E-state index contributed by atoms with van der Waals surface area (Å²) < 4.78 is 0. The number of amides is 1. The Balaban J connectivity index is 2.08. The van der Waals surface area contributed by atoms with E-state index >= 15 is 0 Å². The highest BCUT2D eigenvalue weighted by atomic mass is 16.2. The van der Waals surface area contributed by atoms with E-state index in [1.54, 1.807) is 18.2 Å². The number of nitrogens with zero attached hydrogens (tertiary/aromatic N) is 2. The number of nitriles is 1. The Kier molecular flexibility index (Phi) is 3.39. The normalized spacial score (nSPS) is 14.5. The van der Waals surface area contributed by atoms with Crippen LogP contribution in [0.3, 0.4) is 0 Å². The molecule has 0 bridgehead atoms. The first kappa shape index (κ1) is 13.3. The van der Waals surface area contributed by atoms with Crippen molar-refractivity contribution in [3.8, 4) is 6.07 Å². The van der Waals surface area contributed by atoms with Crippen molar-refractivity contribution in [2.75, 3.05) is 11.4 Å². The molecule has 0 saturated carbocycles. The lowest BCUT2D eigenvalue weighted by atomic mass is 9.90. The standard InChI is InChI=1S/C15H16N2O2/c1-15(2,10-16)8-5-9-17-12-7-4-3-6-11(12)13(18)14(17)19/h3-4,6-7H,5,8-9H2,1-2H3. The lowest BCUT2D eigenvalue weighted by Gasteiger charge is -2.19. The summed E-state index contributed by atoms with van der Waals surface area (Å²) in [6.07, 6.45) is 1.40. The van der Waals surface area contributed by atoms with Crippen LogP contribution in [-0.4, -0.2) is 18.2 Å². The van der Waals surface area contributed by atoms with E-state index < -0.39 is 17.1 Å². The van der Waals surface area contributed by atoms with Gasteiger partial charge in [0.1, 0.15) is 0 Å². The van der Waals surface area contributed by atoms with Gasteiger partial charge < -0.3 is 4.90 Å². The van der Waals surface area contributed by atoms with E-state index in [0.717, 1.165) is 0 Å². The molecule has 0 unspecified atom stereocenters. The van der Waals surface area contributed by atoms with E-state index in [9.17, 15) is 9.59 Å². The summed E-state index contributed by atoms with van der Waals surface area (Å²) >= 11 is 0. The van der Waals surface area contributed by atoms with Crippen LogP contribution in [0.2, 0.25) is 0 Å². The van der Waals surface area contributed by atoms with Crippen molar-refractivity contribution in [3.05, 3.63) is 29.8 Å². The van der Waals surface area contributed by atoms with Gasteiger partial charge in [-0.05, 0) is 38.8 Å². The number of hydrogen-bond donors (Lipinski definition) is 0. The van der Waals surface area contributed by atoms with E-state index in [-0.39, 0.29) is 0 Å². The van der Waals surface area contributed by atoms with Gasteiger partial charge in [0.2, 0.25) is 0 Å². The minimum Gasteiger partial charge on any atom is -0.305 e. The number of Topliss-reactive ketones (excluding diaryl/α,β-unsaturated/α-hetero) is 1. The summed E-state index contributed by atoms with van der Waals surface area (Å²) in [6, 6.07) is 9.27. The molecule has 0 fully saturated rings. The molecule has 19 heavy (non-hydrogen) atoms. The van der Waals surface area contributed by atoms with Crippen LogP contribution in [0.5, 0.6) is 0 Å². The highest BCUT2D eigenvalue weighted by Gasteiger charge is 2.35. The Morgan fingerprint density at radius 2 is 1.95 bits per heavy atom. The summed E-state index contributed by atoms with van der Waals surface area (Å²) in [4.78, 5) is 25.2. The monoisotopic (exact) mass is 256 g/mol. The molecule has 1 amide bonds. The van der Waals surface area contributed by atoms with Crippen molar-refractivity contribution in [1.82, 2.24) is 0 Å². The average molecular weight is 256 g/mol. The van der Waals surface area contributed by atoms with Gasteiger partial charge in [-0.3, -0.25) is 9.59 Å². The molecular weight excluding hydrogens is 240 g/mol. The van der Waals surface area contributed by atoms with Crippen molar-refractivity contribution in [2.45, 2.75) is 26.7 Å². The smallest absolute Gasteiger partial charge is 0.299 e. The average Bonchev–Trinajstić information content (AvgIpc) is 2.64. The second-order valence-electron chi connectivity index (χ2n) is 5.40. The second-order valence-corrected chi connectivity index (χ2v) is 5.40. The zero-order valence-corrected chi connectivity index (χ0v) is 11.1. The maximum Gasteiger partial charge on any atom is 0.299 e. The van der Waals surface area contributed by atoms with Gasteiger partial charge in [0, 0.05) is 6.54 Å². The second kappa shape index (κ2) is 4.85. The number of ketones is 1. The van der Waals surface area contributed by atoms with E-state index in [4.69, 9.17) is 5.26 Å². The van der Waals surface area contributed by atoms with Crippen molar-refractivity contribution in [3.63, 3.8) is 0 Å². The molecule has 1 aliphatic rings. The van der Waals surface area contributed by atoms with Gasteiger partial charge >= 0.3 is 0 Å². The van der Waals surface area contributed by atoms with Gasteiger partial charge in [-0.15, -0.1) is 0 Å². The predicted octanol–water partition coefficient (Wildman–Crippen LogP) is 2.55. The van der Waals surface area contributed by atoms with Gasteiger partial charge in [-0.1, -0.05) is 12.1 Å². The summed E-state index contributed by atoms with van der Waals surface area (Å²) in [5.74, 6) is -0.897. The summed E-state index contributed by atoms with van der Waals surface area (Å²) in [6.45, 7) is 4.22. The topological polar surface area (TPSA) is 61.2 Å². The Labute approximate surface area is 112 Å². The first-order chi connectivity index (χ1) is 8.96. The molecular formula is C15H16N2O2. The minimum absolute atomic E-state index is 0.397. The highest BCUT2D eigenvalue weighted by Crippen LogP contribution is 2.29. The van der Waals surface area contributed by atoms with Crippen LogP contribution in [-0.2, 0) is 4.79 Å². The highest BCUT2D eigenvalue weighted by molar-refractivity contribution is 6.52. The van der Waals surface area contributed by atoms with Crippen LogP contribution in [0, 0.1) is 16.7 Å². The van der Waals surface area contributed by atoms with E-state index in [1.807, 2.05) is 19.9 Å². The van der Waals surface area contributed by atoms with Crippen molar-refractivity contribution in [2.24, 2.45) is 5.41 Å². The molecule has 4 nitrogen and oxygen atoms in total. The summed E-state index contributed by atoms with van der Waals surface area (Å²) in [5, 5.41) is 8.95. The lowest BCUT2D eigenvalue weighted by molar-refractivity contribution is -0.114. The maximum absolute atomic E-state index is 11.9. The number of hydrogen-bond acceptors (Lipinski definition) is 3. The van der Waals surface area contributed by atoms with E-state index in [1.165, 1.54) is 4.90 Å². The Morgan fingerprint density at radius 3 is 2.63 bits per heavy atom. The van der Waals surface area contributed by atoms with E-state index in [0.29, 0.717) is 30.6 Å². The molecule has 4 heteroatoms. The number of carbonyl (C=O) groups is 2. The molecule has 1 aromatic carbocycles. The molecule has 1 aromatic rings. The number of fused-ring (bicyclic) bond motifs is 1. The van der Waals surface area contributed by atoms with Crippen molar-refractivity contribution >= 4 is 17.4 Å². The van der Waals surface area contributed by atoms with Crippen molar-refractivity contribution in [1.29, 1.82) is 5.26 Å². The number of benzene rings is 1. The molecule has 0 saturated heterocycles. The maximum atomic E-state index is 11.9. The third kappa shape index (κ3) is 2.50. The van der Waals surface area contributed by atoms with Crippen molar-refractivity contribution < 1.29 is 9.59 Å². The van der Waals surface area contributed by atoms with Gasteiger partial charge in [0.25, 0.3) is 11.7 Å². The lowest BCUT2D eigenvalue weighted by Crippen LogP contribution is -2.31. The van der Waals surface area contributed by atoms with Gasteiger partial charge in [-0.25, -0.2) is 0 Å². The fourth-order valence-electron chi connectivity index (χ4n) is 2.21. The molecule has 2 rings (SSSR count). The molecule has 98 valence electrons. The number of anilines is 1. The fourth-order valence-corrected chi connectivity index (χ4v) is 2.21. The summed E-state index contributed by atoms with van der Waals surface area (Å²) in [7, 11) is 0. The van der Waals surface area contributed by atoms with Crippen LogP contribution in [0.25, 0.3) is 0 Å². The van der Waals surface area contributed by atoms with Gasteiger partial charge in [0.15, 0.2) is 0 Å². The predicted molar refractivity (Wildman–Crippen MR) is 71.8 cm³/mol. The zero-order chi connectivity index (χ0) is 14.0. The molecule has 1 heterocycles. The third-order valence-corrected chi connectivity index (χ3v) is 3.37. The Morgan fingerprint density at radius 1 is 1.26 bits per heavy atom. The zero-order valence-electron chi connectivity index (χ0n) is 11.1. The summed E-state index contributed by atoms with van der Waals surface area (Å²) in [5.41, 5.74) is 0.769. The molecule has 0 aliphatic carbocycles. The SMILES string of the molecule is CC(C)(C#N)CCCN1C(=O)C(=O)c2ccccc21. The number of carbonyl (C=O) groups excluding carboxylic acids is 2. The van der Waals surface area contributed by atoms with E-state index in [2.05, 4.69) is 6.07 Å². The Hall–Kier alpha value is -2.15. The third-order valence-electron chi connectivity index (χ3n) is 3.37. The van der Waals surface area contributed by atoms with Crippen LogP contribution >= 0.6 is 0 Å². The largest absolute Gasteiger partial charge is 0.305 e. The minimum atomic E-state index is -0.462.